The van der Waals surface area contributed by atoms with E-state index in [-0.39, 0.29) is 11.6 Å². The molecule has 1 aliphatic carbocycles. The van der Waals surface area contributed by atoms with Gasteiger partial charge in [0.1, 0.15) is 11.2 Å². The monoisotopic (exact) mass is 728 g/mol. The highest BCUT2D eigenvalue weighted by molar-refractivity contribution is 6.39. The van der Waals surface area contributed by atoms with Crippen molar-refractivity contribution in [2.45, 2.75) is 38.1 Å². The van der Waals surface area contributed by atoms with Crippen LogP contribution in [0.4, 0.5) is 16.3 Å². The van der Waals surface area contributed by atoms with Crippen molar-refractivity contribution in [3.63, 3.8) is 0 Å². The van der Waals surface area contributed by atoms with Crippen molar-refractivity contribution >= 4 is 51.6 Å². The van der Waals surface area contributed by atoms with Gasteiger partial charge in [-0.1, -0.05) is 53.5 Å². The van der Waals surface area contributed by atoms with Crippen LogP contribution in [0.25, 0.3) is 33.3 Å². The molecule has 0 radical (unpaired) electrons. The Morgan fingerprint density at radius 1 is 0.922 bits per heavy atom. The molecule has 2 aliphatic heterocycles. The van der Waals surface area contributed by atoms with Gasteiger partial charge in [-0.3, -0.25) is 13.9 Å². The van der Waals surface area contributed by atoms with Gasteiger partial charge in [0.2, 0.25) is 5.88 Å². The number of pyridine rings is 2. The molecule has 14 heteroatoms. The number of hydrogen-bond donors (Lipinski definition) is 4. The Balaban J connectivity index is 0.000000347. The maximum atomic E-state index is 13.1. The average molecular weight is 730 g/mol. The first kappa shape index (κ1) is 34.5. The molecule has 2 amide bonds. The topological polar surface area (TPSA) is 144 Å². The first-order valence-electron chi connectivity index (χ1n) is 16.8. The van der Waals surface area contributed by atoms with E-state index in [1.54, 1.807) is 33.2 Å². The molecule has 2 saturated heterocycles. The first-order chi connectivity index (χ1) is 24.5. The van der Waals surface area contributed by atoms with E-state index in [1.165, 1.54) is 17.2 Å². The van der Waals surface area contributed by atoms with E-state index < -0.39 is 11.2 Å². The van der Waals surface area contributed by atoms with E-state index >= 15 is 0 Å². The summed E-state index contributed by atoms with van der Waals surface area (Å²) in [4.78, 5) is 45.8. The summed E-state index contributed by atoms with van der Waals surface area (Å²) in [5, 5.41) is 13.4. The lowest BCUT2D eigenvalue weighted by Crippen LogP contribution is -2.45. The summed E-state index contributed by atoms with van der Waals surface area (Å²) >= 11 is 14.0. The molecule has 5 heterocycles. The van der Waals surface area contributed by atoms with Gasteiger partial charge in [0.25, 0.3) is 5.56 Å². The van der Waals surface area contributed by atoms with Crippen molar-refractivity contribution in [1.29, 1.82) is 0 Å². The van der Waals surface area contributed by atoms with Crippen LogP contribution < -0.4 is 37.3 Å². The van der Waals surface area contributed by atoms with Gasteiger partial charge in [-0.15, -0.1) is 0 Å². The molecule has 51 heavy (non-hydrogen) atoms. The third-order valence-electron chi connectivity index (χ3n) is 9.85. The molecule has 0 bridgehead atoms. The summed E-state index contributed by atoms with van der Waals surface area (Å²) in [6, 6.07) is 15.1. The smallest absolute Gasteiger partial charge is 0.330 e. The van der Waals surface area contributed by atoms with Crippen LogP contribution in [0, 0.1) is 6.92 Å². The van der Waals surface area contributed by atoms with E-state index in [9.17, 15) is 14.4 Å². The van der Waals surface area contributed by atoms with E-state index in [1.807, 2.05) is 30.3 Å². The number of carbonyl (C=O) groups excluding carboxylic acids is 1. The van der Waals surface area contributed by atoms with Crippen molar-refractivity contribution in [3.8, 4) is 28.3 Å². The molecule has 3 aliphatic rings. The number of nitrogens with zero attached hydrogens (tertiary/aromatic N) is 4. The van der Waals surface area contributed by atoms with Gasteiger partial charge in [-0.25, -0.2) is 19.6 Å². The number of ether oxygens (including phenoxy) is 1. The molecule has 2 aromatic carbocycles. The van der Waals surface area contributed by atoms with Crippen molar-refractivity contribution < 1.29 is 9.53 Å². The molecule has 3 aromatic heterocycles. The van der Waals surface area contributed by atoms with E-state index in [0.29, 0.717) is 49.6 Å². The number of halogens is 2. The normalized spacial score (nSPS) is 17.6. The number of aryl methyl sites for hydroxylation is 3. The Morgan fingerprint density at radius 2 is 1.67 bits per heavy atom. The molecule has 0 saturated carbocycles. The highest BCUT2D eigenvalue weighted by Crippen LogP contribution is 2.43. The number of amides is 2. The quantitative estimate of drug-likeness (QED) is 0.192. The second kappa shape index (κ2) is 13.7. The summed E-state index contributed by atoms with van der Waals surface area (Å²) in [6.45, 7) is 4.50. The highest BCUT2D eigenvalue weighted by Gasteiger charge is 2.39. The number of carbonyl (C=O) groups is 1. The number of methoxy groups -OCH3 is 1. The molecule has 264 valence electrons. The number of urea groups is 1. The Bertz CT molecular complexity index is 2330. The van der Waals surface area contributed by atoms with Gasteiger partial charge in [-0.05, 0) is 62.9 Å². The fraction of sp³-hybridized carbons (Fsp3) is 0.324. The minimum Gasteiger partial charge on any atom is -0.481 e. The molecule has 1 atom stereocenters. The molecule has 8 rings (SSSR count). The summed E-state index contributed by atoms with van der Waals surface area (Å²) in [7, 11) is 4.71. The molecule has 4 N–H and O–H groups in total. The number of benzene rings is 2. The van der Waals surface area contributed by atoms with E-state index in [0.717, 1.165) is 72.3 Å². The lowest BCUT2D eigenvalue weighted by molar-refractivity contribution is 0.245. The minimum absolute atomic E-state index is 0.0244. The highest BCUT2D eigenvalue weighted by atomic mass is 35.5. The van der Waals surface area contributed by atoms with Crippen LogP contribution in [0.1, 0.15) is 29.7 Å². The largest absolute Gasteiger partial charge is 0.481 e. The van der Waals surface area contributed by atoms with Crippen molar-refractivity contribution in [1.82, 2.24) is 35.1 Å². The lowest BCUT2D eigenvalue weighted by Gasteiger charge is -2.18. The zero-order chi connectivity index (χ0) is 36.0. The number of rotatable bonds is 5. The van der Waals surface area contributed by atoms with Crippen molar-refractivity contribution in [2.75, 3.05) is 32.1 Å². The van der Waals surface area contributed by atoms with Crippen molar-refractivity contribution in [2.24, 2.45) is 14.1 Å². The SMILES string of the molecule is COc1nc(-c2cccc(-c3cccc(Nc4nc(C)cc5c4c(=O)n(C)c(=O)n5C)c3Cl)c2Cl)cc2c1CCC2.O=C1NCC2(CCNC2)N1. The molecule has 1 unspecified atom stereocenters. The van der Waals surface area contributed by atoms with Gasteiger partial charge in [0, 0.05) is 55.1 Å². The Labute approximate surface area is 304 Å². The lowest BCUT2D eigenvalue weighted by atomic mass is 9.99. The molecular formula is C37H38Cl2N8O4. The van der Waals surface area contributed by atoms with Gasteiger partial charge < -0.3 is 26.0 Å². The summed E-state index contributed by atoms with van der Waals surface area (Å²) in [5.74, 6) is 0.951. The fourth-order valence-corrected chi connectivity index (χ4v) is 7.74. The molecular weight excluding hydrogens is 691 g/mol. The Morgan fingerprint density at radius 3 is 2.37 bits per heavy atom. The number of hydrogen-bond acceptors (Lipinski definition) is 8. The number of nitrogens with one attached hydrogen (secondary N) is 4. The predicted molar refractivity (Wildman–Crippen MR) is 201 cm³/mol. The third kappa shape index (κ3) is 6.32. The molecule has 12 nitrogen and oxygen atoms in total. The fourth-order valence-electron chi connectivity index (χ4n) is 7.14. The summed E-state index contributed by atoms with van der Waals surface area (Å²) in [5.41, 5.74) is 6.21. The Hall–Kier alpha value is -4.91. The van der Waals surface area contributed by atoms with Crippen molar-refractivity contribution in [3.05, 3.63) is 96.2 Å². The molecule has 1 spiro atoms. The van der Waals surface area contributed by atoms with Crippen LogP contribution >= 0.6 is 23.2 Å². The maximum Gasteiger partial charge on any atom is 0.330 e. The van der Waals surface area contributed by atoms with Crippen LogP contribution in [0.3, 0.4) is 0 Å². The standard InChI is InChI=1S/C31H27Cl2N5O3.C6H11N3O/c1-16-14-24-25(30(39)38(3)31(40)37(24)2)28(34-16)35-22-13-7-11-20(27(22)33)19-10-6-12-21(26(19)32)23-15-17-8-5-9-18(17)29(36-23)41-4;10-5-8-4-6(9-5)1-2-7-3-6/h6-7,10-15H,5,8-9H2,1-4H3,(H,34,35);7H,1-4H2,(H2,8,9,10). The third-order valence-corrected chi connectivity index (χ3v) is 10.7. The zero-order valence-corrected chi connectivity index (χ0v) is 30.3. The van der Waals surface area contributed by atoms with Gasteiger partial charge in [0.15, 0.2) is 0 Å². The van der Waals surface area contributed by atoms with Crippen LogP contribution in [0.15, 0.2) is 58.1 Å². The zero-order valence-electron chi connectivity index (χ0n) is 28.7. The second-order valence-electron chi connectivity index (χ2n) is 13.2. The van der Waals surface area contributed by atoms with Crippen LogP contribution in [-0.2, 0) is 26.9 Å². The van der Waals surface area contributed by atoms with Gasteiger partial charge in [0.05, 0.1) is 39.6 Å². The second-order valence-corrected chi connectivity index (χ2v) is 14.0. The predicted octanol–water partition coefficient (Wildman–Crippen LogP) is 5.25. The summed E-state index contributed by atoms with van der Waals surface area (Å²) in [6.07, 6.45) is 4.07. The van der Waals surface area contributed by atoms with Gasteiger partial charge >= 0.3 is 11.7 Å². The number of fused-ring (bicyclic) bond motifs is 2. The van der Waals surface area contributed by atoms with Crippen LogP contribution in [0.2, 0.25) is 10.0 Å². The maximum absolute atomic E-state index is 13.1. The average Bonchev–Trinajstić information content (AvgIpc) is 3.88. The van der Waals surface area contributed by atoms with Gasteiger partial charge in [-0.2, -0.15) is 0 Å². The Kier molecular flexibility index (Phi) is 9.25. The van der Waals surface area contributed by atoms with E-state index in [2.05, 4.69) is 32.3 Å². The summed E-state index contributed by atoms with van der Waals surface area (Å²) < 4.78 is 8.10. The number of anilines is 2. The minimum atomic E-state index is -0.446. The van der Waals surface area contributed by atoms with Crippen LogP contribution in [0.5, 0.6) is 5.88 Å². The van der Waals surface area contributed by atoms with Crippen LogP contribution in [-0.4, -0.2) is 57.4 Å². The molecule has 5 aromatic rings. The number of aromatic nitrogens is 4. The van der Waals surface area contributed by atoms with E-state index in [4.69, 9.17) is 32.9 Å². The first-order valence-corrected chi connectivity index (χ1v) is 17.5. The molecule has 2 fully saturated rings.